The zero-order valence-electron chi connectivity index (χ0n) is 22.2. The summed E-state index contributed by atoms with van der Waals surface area (Å²) in [4.78, 5) is 12.7. The minimum atomic E-state index is -0.886. The third-order valence-corrected chi connectivity index (χ3v) is 13.0. The maximum atomic E-state index is 12.7. The van der Waals surface area contributed by atoms with Crippen LogP contribution in [-0.4, -0.2) is 28.2 Å². The fraction of sp³-hybridized carbons (Fsp3) is 0.900. The van der Waals surface area contributed by atoms with Gasteiger partial charge in [-0.3, -0.25) is 4.79 Å². The van der Waals surface area contributed by atoms with E-state index in [1.807, 2.05) is 13.8 Å². The topological polar surface area (TPSA) is 57.5 Å². The van der Waals surface area contributed by atoms with Crippen molar-refractivity contribution in [3.8, 4) is 0 Å². The summed E-state index contributed by atoms with van der Waals surface area (Å²) >= 11 is 0. The SMILES string of the molecule is CC(C)=CC(=O)[C@@H](O)[C@@H](C)[C@H]1CC[C@@]2(C)[C@@H]3CC[C@H]4C(C)(C)[C@@H](O)CC[C@@]45C[C@@]35CC[C@]12C. The minimum absolute atomic E-state index is 0.00207. The highest BCUT2D eigenvalue weighted by Gasteiger charge is 2.82. The fourth-order valence-electron chi connectivity index (χ4n) is 11.1. The lowest BCUT2D eigenvalue weighted by molar-refractivity contribution is -0.164. The van der Waals surface area contributed by atoms with Crippen LogP contribution in [-0.2, 0) is 4.79 Å². The van der Waals surface area contributed by atoms with Crippen LogP contribution in [0.2, 0.25) is 0 Å². The Morgan fingerprint density at radius 3 is 2.18 bits per heavy atom. The van der Waals surface area contributed by atoms with E-state index < -0.39 is 6.10 Å². The lowest BCUT2D eigenvalue weighted by Crippen LogP contribution is -2.58. The van der Waals surface area contributed by atoms with Crippen LogP contribution in [0.4, 0.5) is 0 Å². The van der Waals surface area contributed by atoms with Crippen molar-refractivity contribution < 1.29 is 15.0 Å². The summed E-state index contributed by atoms with van der Waals surface area (Å²) in [5.74, 6) is 1.71. The zero-order chi connectivity index (χ0) is 24.2. The number of ketones is 1. The summed E-state index contributed by atoms with van der Waals surface area (Å²) in [5.41, 5.74) is 2.43. The van der Waals surface area contributed by atoms with E-state index in [4.69, 9.17) is 0 Å². The molecule has 0 aromatic rings. The van der Waals surface area contributed by atoms with Crippen molar-refractivity contribution >= 4 is 5.78 Å². The van der Waals surface area contributed by atoms with E-state index in [0.29, 0.717) is 22.7 Å². The Balaban J connectivity index is 1.43. The van der Waals surface area contributed by atoms with Crippen LogP contribution < -0.4 is 0 Å². The van der Waals surface area contributed by atoms with Gasteiger partial charge >= 0.3 is 0 Å². The lowest BCUT2D eigenvalue weighted by Gasteiger charge is -2.63. The lowest BCUT2D eigenvalue weighted by atomic mass is 9.41. The van der Waals surface area contributed by atoms with Crippen molar-refractivity contribution in [3.05, 3.63) is 11.6 Å². The molecule has 0 aromatic carbocycles. The summed E-state index contributed by atoms with van der Waals surface area (Å²) in [6, 6.07) is 0. The van der Waals surface area contributed by atoms with Crippen LogP contribution in [0.5, 0.6) is 0 Å². The summed E-state index contributed by atoms with van der Waals surface area (Å²) in [6.07, 6.45) is 11.7. The number of carbonyl (C=O) groups is 1. The average molecular weight is 457 g/mol. The Hall–Kier alpha value is -0.670. The highest BCUT2D eigenvalue weighted by Crippen LogP contribution is 2.89. The molecule has 3 heteroatoms. The maximum absolute atomic E-state index is 12.7. The maximum Gasteiger partial charge on any atom is 0.184 e. The first kappa shape index (κ1) is 24.0. The second-order valence-electron chi connectivity index (χ2n) is 14.5. The number of rotatable bonds is 4. The molecule has 3 nitrogen and oxygen atoms in total. The molecule has 0 aliphatic heterocycles. The minimum Gasteiger partial charge on any atom is -0.393 e. The predicted molar refractivity (Wildman–Crippen MR) is 132 cm³/mol. The molecule has 186 valence electrons. The number of aliphatic hydroxyl groups excluding tert-OH is 2. The van der Waals surface area contributed by atoms with Crippen molar-refractivity contribution in [3.63, 3.8) is 0 Å². The number of aliphatic hydroxyl groups is 2. The van der Waals surface area contributed by atoms with Crippen LogP contribution in [0.3, 0.4) is 0 Å². The highest BCUT2D eigenvalue weighted by molar-refractivity contribution is 5.94. The zero-order valence-corrected chi connectivity index (χ0v) is 22.2. The van der Waals surface area contributed by atoms with Crippen molar-refractivity contribution in [1.29, 1.82) is 0 Å². The predicted octanol–water partition coefficient (Wildman–Crippen LogP) is 6.32. The Morgan fingerprint density at radius 1 is 0.879 bits per heavy atom. The van der Waals surface area contributed by atoms with Crippen molar-refractivity contribution in [2.45, 2.75) is 118 Å². The van der Waals surface area contributed by atoms with E-state index in [-0.39, 0.29) is 34.1 Å². The molecule has 5 rings (SSSR count). The molecular formula is C30H48O3. The van der Waals surface area contributed by atoms with Crippen molar-refractivity contribution in [2.24, 2.45) is 50.7 Å². The Morgan fingerprint density at radius 2 is 1.52 bits per heavy atom. The first-order valence-corrected chi connectivity index (χ1v) is 13.8. The highest BCUT2D eigenvalue weighted by atomic mass is 16.3. The van der Waals surface area contributed by atoms with E-state index in [0.717, 1.165) is 24.3 Å². The van der Waals surface area contributed by atoms with Crippen LogP contribution in [0.1, 0.15) is 106 Å². The van der Waals surface area contributed by atoms with E-state index in [9.17, 15) is 15.0 Å². The van der Waals surface area contributed by atoms with Crippen LogP contribution >= 0.6 is 0 Å². The molecule has 2 spiro atoms. The van der Waals surface area contributed by atoms with Gasteiger partial charge in [-0.25, -0.2) is 0 Å². The Kier molecular flexibility index (Phi) is 5.24. The molecule has 10 atom stereocenters. The molecule has 0 radical (unpaired) electrons. The van der Waals surface area contributed by atoms with E-state index in [2.05, 4.69) is 34.6 Å². The second-order valence-corrected chi connectivity index (χ2v) is 14.5. The molecule has 5 saturated carbocycles. The van der Waals surface area contributed by atoms with Gasteiger partial charge in [0.1, 0.15) is 6.10 Å². The molecule has 0 bridgehead atoms. The monoisotopic (exact) mass is 456 g/mol. The smallest absolute Gasteiger partial charge is 0.184 e. The van der Waals surface area contributed by atoms with Gasteiger partial charge in [0.25, 0.3) is 0 Å². The van der Waals surface area contributed by atoms with Crippen molar-refractivity contribution in [2.75, 3.05) is 0 Å². The number of allylic oxidation sites excluding steroid dienone is 1. The van der Waals surface area contributed by atoms with Gasteiger partial charge in [-0.15, -0.1) is 0 Å². The molecule has 0 saturated heterocycles. The van der Waals surface area contributed by atoms with Gasteiger partial charge in [0.15, 0.2) is 5.78 Å². The Bertz CT molecular complexity index is 870. The van der Waals surface area contributed by atoms with Crippen LogP contribution in [0.15, 0.2) is 11.6 Å². The van der Waals surface area contributed by atoms with Crippen LogP contribution in [0.25, 0.3) is 0 Å². The van der Waals surface area contributed by atoms with E-state index >= 15 is 0 Å². The van der Waals surface area contributed by atoms with Gasteiger partial charge in [-0.2, -0.15) is 0 Å². The Labute approximate surface area is 201 Å². The molecule has 2 N–H and O–H groups in total. The number of fused-ring (bicyclic) bond motifs is 2. The molecule has 5 aliphatic carbocycles. The molecule has 5 fully saturated rings. The van der Waals surface area contributed by atoms with Gasteiger partial charge in [0.05, 0.1) is 6.10 Å². The van der Waals surface area contributed by atoms with E-state index in [1.165, 1.54) is 44.9 Å². The summed E-state index contributed by atoms with van der Waals surface area (Å²) in [5, 5.41) is 21.8. The van der Waals surface area contributed by atoms with E-state index in [1.54, 1.807) is 6.08 Å². The summed E-state index contributed by atoms with van der Waals surface area (Å²) < 4.78 is 0. The number of hydrogen-bond acceptors (Lipinski definition) is 3. The third kappa shape index (κ3) is 2.85. The normalized spacial score (nSPS) is 51.3. The van der Waals surface area contributed by atoms with Crippen LogP contribution in [0, 0.1) is 50.7 Å². The molecule has 0 amide bonds. The number of carbonyl (C=O) groups excluding carboxylic acids is 1. The summed E-state index contributed by atoms with van der Waals surface area (Å²) in [6.45, 7) is 15.8. The average Bonchev–Trinajstić information content (AvgIpc) is 3.32. The second kappa shape index (κ2) is 7.19. The third-order valence-electron chi connectivity index (χ3n) is 13.0. The quantitative estimate of drug-likeness (QED) is 0.487. The molecule has 5 aliphatic rings. The standard InChI is InChI=1S/C30H48O3/c1-18(2)16-21(31)25(33)19(3)20-10-12-28(7)23-9-8-22-26(4,5)24(32)11-13-29(22)17-30(23,29)15-14-27(20,28)6/h16,19-20,22-25,32-33H,8-15,17H2,1-7H3/t19-,20+,22-,23-,24-,25-,27+,28-,29+,30-/m0/s1. The van der Waals surface area contributed by atoms with Gasteiger partial charge < -0.3 is 10.2 Å². The van der Waals surface area contributed by atoms with Gasteiger partial charge in [-0.1, -0.05) is 40.2 Å². The van der Waals surface area contributed by atoms with Gasteiger partial charge in [0, 0.05) is 0 Å². The summed E-state index contributed by atoms with van der Waals surface area (Å²) in [7, 11) is 0. The number of hydrogen-bond donors (Lipinski definition) is 2. The molecule has 0 aromatic heterocycles. The van der Waals surface area contributed by atoms with Crippen molar-refractivity contribution in [1.82, 2.24) is 0 Å². The van der Waals surface area contributed by atoms with Gasteiger partial charge in [-0.05, 0) is 128 Å². The largest absolute Gasteiger partial charge is 0.393 e. The molecule has 0 unspecified atom stereocenters. The van der Waals surface area contributed by atoms with Gasteiger partial charge in [0.2, 0.25) is 0 Å². The first-order valence-electron chi connectivity index (χ1n) is 13.8. The molecular weight excluding hydrogens is 408 g/mol. The first-order chi connectivity index (χ1) is 15.3. The molecule has 33 heavy (non-hydrogen) atoms. The fourth-order valence-corrected chi connectivity index (χ4v) is 11.1. The molecule has 0 heterocycles.